The molecule has 0 fully saturated rings. The van der Waals surface area contributed by atoms with Gasteiger partial charge in [0, 0.05) is 13.1 Å². The normalized spacial score (nSPS) is 10.1. The van der Waals surface area contributed by atoms with Crippen molar-refractivity contribution in [3.05, 3.63) is 65.7 Å². The molecule has 2 N–H and O–H groups in total. The summed E-state index contributed by atoms with van der Waals surface area (Å²) in [5.74, 6) is 0.175. The maximum Gasteiger partial charge on any atom is 0.407 e. The zero-order valence-corrected chi connectivity index (χ0v) is 10.4. The van der Waals surface area contributed by atoms with Crippen molar-refractivity contribution in [2.24, 2.45) is 0 Å². The van der Waals surface area contributed by atoms with Crippen LogP contribution in [0.25, 0.3) is 0 Å². The van der Waals surface area contributed by atoms with Crippen molar-refractivity contribution < 1.29 is 15.0 Å². The zero-order valence-electron chi connectivity index (χ0n) is 10.4. The summed E-state index contributed by atoms with van der Waals surface area (Å²) in [6, 6.07) is 16.0. The van der Waals surface area contributed by atoms with Gasteiger partial charge in [0.2, 0.25) is 0 Å². The zero-order chi connectivity index (χ0) is 13.7. The number of benzene rings is 2. The van der Waals surface area contributed by atoms with Gasteiger partial charge in [-0.2, -0.15) is 0 Å². The first-order valence-corrected chi connectivity index (χ1v) is 5.95. The van der Waals surface area contributed by atoms with Crippen LogP contribution in [0, 0.1) is 0 Å². The summed E-state index contributed by atoms with van der Waals surface area (Å²) in [5, 5.41) is 18.4. The summed E-state index contributed by atoms with van der Waals surface area (Å²) in [7, 11) is 0. The summed E-state index contributed by atoms with van der Waals surface area (Å²) >= 11 is 0. The van der Waals surface area contributed by atoms with Gasteiger partial charge in [0.05, 0.1) is 0 Å². The molecule has 2 rings (SSSR count). The van der Waals surface area contributed by atoms with Crippen LogP contribution in [0.1, 0.15) is 11.1 Å². The molecule has 0 spiro atoms. The fourth-order valence-corrected chi connectivity index (χ4v) is 1.82. The minimum atomic E-state index is -0.961. The smallest absolute Gasteiger partial charge is 0.407 e. The van der Waals surface area contributed by atoms with Crippen LogP contribution < -0.4 is 0 Å². The molecule has 0 unspecified atom stereocenters. The fraction of sp³-hybridized carbons (Fsp3) is 0.133. The largest absolute Gasteiger partial charge is 0.508 e. The fourth-order valence-electron chi connectivity index (χ4n) is 1.82. The van der Waals surface area contributed by atoms with Gasteiger partial charge in [-0.1, -0.05) is 42.5 Å². The lowest BCUT2D eigenvalue weighted by molar-refractivity contribution is 0.139. The third-order valence-electron chi connectivity index (χ3n) is 2.80. The SMILES string of the molecule is O=C(O)N(Cc1ccccc1)Cc1ccc(O)cc1. The Morgan fingerprint density at radius 1 is 0.895 bits per heavy atom. The molecule has 19 heavy (non-hydrogen) atoms. The van der Waals surface area contributed by atoms with Gasteiger partial charge in [0.1, 0.15) is 5.75 Å². The van der Waals surface area contributed by atoms with Gasteiger partial charge in [-0.05, 0) is 23.3 Å². The standard InChI is InChI=1S/C15H15NO3/c17-14-8-6-13(7-9-14)11-16(15(18)19)10-12-4-2-1-3-5-12/h1-9,17H,10-11H2,(H,18,19). The van der Waals surface area contributed by atoms with Crippen molar-refractivity contribution in [2.75, 3.05) is 0 Å². The third-order valence-corrected chi connectivity index (χ3v) is 2.80. The minimum absolute atomic E-state index is 0.175. The Bertz CT molecular complexity index is 537. The molecule has 2 aromatic carbocycles. The molecule has 0 aromatic heterocycles. The maximum absolute atomic E-state index is 11.3. The van der Waals surface area contributed by atoms with E-state index in [0.717, 1.165) is 11.1 Å². The van der Waals surface area contributed by atoms with Crippen LogP contribution in [0.2, 0.25) is 0 Å². The Balaban J connectivity index is 2.08. The van der Waals surface area contributed by atoms with E-state index >= 15 is 0 Å². The first kappa shape index (κ1) is 13.0. The van der Waals surface area contributed by atoms with Gasteiger partial charge in [-0.3, -0.25) is 4.90 Å². The summed E-state index contributed by atoms with van der Waals surface area (Å²) in [6.45, 7) is 0.640. The number of carbonyl (C=O) groups is 1. The highest BCUT2D eigenvalue weighted by Gasteiger charge is 2.12. The van der Waals surface area contributed by atoms with Gasteiger partial charge in [-0.25, -0.2) is 4.79 Å². The van der Waals surface area contributed by atoms with Crippen LogP contribution in [-0.4, -0.2) is 21.2 Å². The third kappa shape index (κ3) is 3.74. The van der Waals surface area contributed by atoms with Crippen molar-refractivity contribution in [2.45, 2.75) is 13.1 Å². The highest BCUT2D eigenvalue weighted by molar-refractivity contribution is 5.65. The topological polar surface area (TPSA) is 60.8 Å². The van der Waals surface area contributed by atoms with Crippen molar-refractivity contribution in [3.63, 3.8) is 0 Å². The molecule has 0 bridgehead atoms. The monoisotopic (exact) mass is 257 g/mol. The summed E-state index contributed by atoms with van der Waals surface area (Å²) in [6.07, 6.45) is -0.961. The number of hydrogen-bond acceptors (Lipinski definition) is 2. The van der Waals surface area contributed by atoms with E-state index in [0.29, 0.717) is 13.1 Å². The molecule has 0 atom stereocenters. The second kappa shape index (κ2) is 5.91. The van der Waals surface area contributed by atoms with E-state index in [1.807, 2.05) is 30.3 Å². The second-order valence-electron chi connectivity index (χ2n) is 4.29. The molecule has 1 amide bonds. The molecular formula is C15H15NO3. The molecule has 0 aliphatic rings. The number of phenols is 1. The molecule has 0 aliphatic heterocycles. The average Bonchev–Trinajstić information content (AvgIpc) is 2.41. The molecule has 2 aromatic rings. The van der Waals surface area contributed by atoms with Crippen LogP contribution >= 0.6 is 0 Å². The van der Waals surface area contributed by atoms with E-state index < -0.39 is 6.09 Å². The lowest BCUT2D eigenvalue weighted by Gasteiger charge is -2.19. The summed E-state index contributed by atoms with van der Waals surface area (Å²) in [5.41, 5.74) is 1.79. The van der Waals surface area contributed by atoms with Crippen molar-refractivity contribution in [1.29, 1.82) is 0 Å². The quantitative estimate of drug-likeness (QED) is 0.884. The van der Waals surface area contributed by atoms with Crippen LogP contribution in [0.15, 0.2) is 54.6 Å². The van der Waals surface area contributed by atoms with E-state index in [4.69, 9.17) is 0 Å². The predicted molar refractivity (Wildman–Crippen MR) is 71.8 cm³/mol. The van der Waals surface area contributed by atoms with E-state index in [1.165, 1.54) is 4.90 Å². The number of phenolic OH excluding ortho intramolecular Hbond substituents is 1. The number of hydrogen-bond donors (Lipinski definition) is 2. The molecule has 0 radical (unpaired) electrons. The molecule has 4 heteroatoms. The van der Waals surface area contributed by atoms with Crippen molar-refractivity contribution in [3.8, 4) is 5.75 Å². The molecular weight excluding hydrogens is 242 g/mol. The van der Waals surface area contributed by atoms with Crippen LogP contribution in [0.4, 0.5) is 4.79 Å². The molecule has 98 valence electrons. The highest BCUT2D eigenvalue weighted by atomic mass is 16.4. The summed E-state index contributed by atoms with van der Waals surface area (Å²) < 4.78 is 0. The van der Waals surface area contributed by atoms with Gasteiger partial charge < -0.3 is 10.2 Å². The van der Waals surface area contributed by atoms with Crippen LogP contribution in [0.3, 0.4) is 0 Å². The number of rotatable bonds is 4. The first-order chi connectivity index (χ1) is 9.15. The Morgan fingerprint density at radius 3 is 1.95 bits per heavy atom. The predicted octanol–water partition coefficient (Wildman–Crippen LogP) is 3.07. The van der Waals surface area contributed by atoms with Gasteiger partial charge >= 0.3 is 6.09 Å². The molecule has 0 heterocycles. The Kier molecular flexibility index (Phi) is 4.03. The van der Waals surface area contributed by atoms with Crippen molar-refractivity contribution >= 4 is 6.09 Å². The molecule has 4 nitrogen and oxygen atoms in total. The second-order valence-corrected chi connectivity index (χ2v) is 4.29. The van der Waals surface area contributed by atoms with E-state index in [1.54, 1.807) is 24.3 Å². The first-order valence-electron chi connectivity index (χ1n) is 5.95. The lowest BCUT2D eigenvalue weighted by Crippen LogP contribution is -2.28. The minimum Gasteiger partial charge on any atom is -0.508 e. The Labute approximate surface area is 111 Å². The summed E-state index contributed by atoms with van der Waals surface area (Å²) in [4.78, 5) is 12.6. The van der Waals surface area contributed by atoms with Gasteiger partial charge in [0.25, 0.3) is 0 Å². The molecule has 0 aliphatic carbocycles. The number of amides is 1. The highest BCUT2D eigenvalue weighted by Crippen LogP contribution is 2.13. The van der Waals surface area contributed by atoms with Crippen molar-refractivity contribution in [1.82, 2.24) is 4.90 Å². The van der Waals surface area contributed by atoms with Gasteiger partial charge in [-0.15, -0.1) is 0 Å². The van der Waals surface area contributed by atoms with E-state index in [2.05, 4.69) is 0 Å². The number of aromatic hydroxyl groups is 1. The number of nitrogens with zero attached hydrogens (tertiary/aromatic N) is 1. The van der Waals surface area contributed by atoms with Crippen LogP contribution in [0.5, 0.6) is 5.75 Å². The lowest BCUT2D eigenvalue weighted by atomic mass is 10.2. The number of carboxylic acid groups (broad SMARTS) is 1. The molecule has 0 saturated carbocycles. The van der Waals surface area contributed by atoms with E-state index in [9.17, 15) is 15.0 Å². The van der Waals surface area contributed by atoms with Gasteiger partial charge in [0.15, 0.2) is 0 Å². The van der Waals surface area contributed by atoms with Crippen LogP contribution in [-0.2, 0) is 13.1 Å². The van der Waals surface area contributed by atoms with E-state index in [-0.39, 0.29) is 5.75 Å². The maximum atomic E-state index is 11.3. The Morgan fingerprint density at radius 2 is 1.42 bits per heavy atom. The molecule has 0 saturated heterocycles. The Hall–Kier alpha value is -2.49. The average molecular weight is 257 g/mol.